The quantitative estimate of drug-likeness (QED) is 0.657. The normalized spacial score (nSPS) is 11.4. The molecule has 0 unspecified atom stereocenters. The van der Waals surface area contributed by atoms with E-state index in [1.807, 2.05) is 23.1 Å². The van der Waals surface area contributed by atoms with Gasteiger partial charge < -0.3 is 5.32 Å². The number of aromatic nitrogens is 1. The molecule has 0 aromatic carbocycles. The summed E-state index contributed by atoms with van der Waals surface area (Å²) in [4.78, 5) is 2.20. The number of thiazole rings is 1. The molecule has 1 aromatic heterocycles. The van der Waals surface area contributed by atoms with Gasteiger partial charge in [-0.15, -0.1) is 0 Å². The minimum atomic E-state index is 0.461. The number of rotatable bonds is 5. The Morgan fingerprint density at radius 2 is 1.82 bits per heavy atom. The fourth-order valence-electron chi connectivity index (χ4n) is 1.75. The SMILES string of the molecule is CSc1sc(NC(C)C)c(N(C)C)[n+]1C(C)C. The molecule has 0 bridgehead atoms. The summed E-state index contributed by atoms with van der Waals surface area (Å²) in [5.41, 5.74) is 0. The van der Waals surface area contributed by atoms with Crippen molar-refractivity contribution in [1.29, 1.82) is 0 Å². The van der Waals surface area contributed by atoms with E-state index in [0.29, 0.717) is 12.1 Å². The lowest BCUT2D eigenvalue weighted by Gasteiger charge is -2.14. The van der Waals surface area contributed by atoms with Gasteiger partial charge in [0.25, 0.3) is 0 Å². The van der Waals surface area contributed by atoms with Gasteiger partial charge in [-0.2, -0.15) is 0 Å². The number of nitrogens with zero attached hydrogens (tertiary/aromatic N) is 2. The van der Waals surface area contributed by atoms with E-state index in [2.05, 4.69) is 62.8 Å². The molecular formula is C12H24N3S2+. The van der Waals surface area contributed by atoms with Crippen LogP contribution in [0.4, 0.5) is 10.8 Å². The second kappa shape index (κ2) is 5.96. The van der Waals surface area contributed by atoms with Gasteiger partial charge in [0.15, 0.2) is 5.00 Å². The fraction of sp³-hybridized carbons (Fsp3) is 0.750. The Hall–Kier alpha value is -0.420. The van der Waals surface area contributed by atoms with Gasteiger partial charge in [0.2, 0.25) is 4.34 Å². The maximum absolute atomic E-state index is 3.55. The van der Waals surface area contributed by atoms with E-state index < -0.39 is 0 Å². The van der Waals surface area contributed by atoms with Crippen molar-refractivity contribution in [2.45, 2.75) is 44.1 Å². The number of hydrogen-bond donors (Lipinski definition) is 1. The molecule has 0 spiro atoms. The Morgan fingerprint density at radius 1 is 1.24 bits per heavy atom. The largest absolute Gasteiger partial charge is 0.368 e. The van der Waals surface area contributed by atoms with Crippen LogP contribution >= 0.6 is 23.1 Å². The minimum Gasteiger partial charge on any atom is -0.368 e. The van der Waals surface area contributed by atoms with Crippen molar-refractivity contribution >= 4 is 33.9 Å². The highest BCUT2D eigenvalue weighted by molar-refractivity contribution is 8.00. The Kier molecular flexibility index (Phi) is 5.13. The molecule has 3 nitrogen and oxygen atoms in total. The number of hydrogen-bond acceptors (Lipinski definition) is 4. The zero-order valence-corrected chi connectivity index (χ0v) is 13.5. The van der Waals surface area contributed by atoms with Gasteiger partial charge >= 0.3 is 5.82 Å². The van der Waals surface area contributed by atoms with Crippen molar-refractivity contribution in [2.75, 3.05) is 30.6 Å². The molecular weight excluding hydrogens is 250 g/mol. The molecule has 1 N–H and O–H groups in total. The zero-order valence-electron chi connectivity index (χ0n) is 11.9. The average molecular weight is 274 g/mol. The summed E-state index contributed by atoms with van der Waals surface area (Å²) in [5, 5.41) is 4.81. The Balaban J connectivity index is 3.30. The molecule has 0 saturated heterocycles. The topological polar surface area (TPSA) is 19.1 Å². The minimum absolute atomic E-state index is 0.461. The third-order valence-corrected chi connectivity index (χ3v) is 4.52. The van der Waals surface area contributed by atoms with E-state index in [1.54, 1.807) is 0 Å². The summed E-state index contributed by atoms with van der Waals surface area (Å²) < 4.78 is 3.76. The first-order valence-corrected chi connectivity index (χ1v) is 7.98. The Morgan fingerprint density at radius 3 is 2.18 bits per heavy atom. The molecule has 98 valence electrons. The summed E-state index contributed by atoms with van der Waals surface area (Å²) in [7, 11) is 4.22. The molecule has 0 aliphatic carbocycles. The van der Waals surface area contributed by atoms with E-state index in [-0.39, 0.29) is 0 Å². The molecule has 0 saturated carbocycles. The van der Waals surface area contributed by atoms with E-state index in [0.717, 1.165) is 0 Å². The summed E-state index contributed by atoms with van der Waals surface area (Å²) in [6.45, 7) is 8.83. The van der Waals surface area contributed by atoms with Crippen LogP contribution < -0.4 is 14.8 Å². The molecule has 5 heteroatoms. The predicted octanol–water partition coefficient (Wildman–Crippen LogP) is 3.22. The zero-order chi connectivity index (χ0) is 13.2. The Bertz CT molecular complexity index is 370. The van der Waals surface area contributed by atoms with Gasteiger partial charge in [0.05, 0.1) is 20.1 Å². The van der Waals surface area contributed by atoms with Crippen LogP contribution in [0.15, 0.2) is 4.34 Å². The lowest BCUT2D eigenvalue weighted by Crippen LogP contribution is -2.41. The molecule has 0 aliphatic rings. The van der Waals surface area contributed by atoms with E-state index in [4.69, 9.17) is 0 Å². The van der Waals surface area contributed by atoms with Gasteiger partial charge in [-0.3, -0.25) is 4.90 Å². The van der Waals surface area contributed by atoms with E-state index in [9.17, 15) is 0 Å². The van der Waals surface area contributed by atoms with Gasteiger partial charge in [-0.05, 0) is 34.0 Å². The molecule has 1 rings (SSSR count). The maximum atomic E-state index is 3.55. The molecule has 0 amide bonds. The predicted molar refractivity (Wildman–Crippen MR) is 79.8 cm³/mol. The highest BCUT2D eigenvalue weighted by Crippen LogP contribution is 2.35. The maximum Gasteiger partial charge on any atom is 0.312 e. The van der Waals surface area contributed by atoms with Gasteiger partial charge in [-0.1, -0.05) is 23.1 Å². The van der Waals surface area contributed by atoms with Crippen molar-refractivity contribution in [3.63, 3.8) is 0 Å². The van der Waals surface area contributed by atoms with Crippen molar-refractivity contribution in [1.82, 2.24) is 0 Å². The van der Waals surface area contributed by atoms with Crippen molar-refractivity contribution in [2.24, 2.45) is 0 Å². The average Bonchev–Trinajstić information content (AvgIpc) is 2.55. The second-order valence-corrected chi connectivity index (χ2v) is 6.93. The lowest BCUT2D eigenvalue weighted by atomic mass is 10.3. The molecule has 0 aliphatic heterocycles. The lowest BCUT2D eigenvalue weighted by molar-refractivity contribution is -0.732. The fourth-order valence-corrected chi connectivity index (χ4v) is 4.06. The first-order valence-electron chi connectivity index (χ1n) is 5.94. The highest BCUT2D eigenvalue weighted by Gasteiger charge is 2.28. The third kappa shape index (κ3) is 3.28. The van der Waals surface area contributed by atoms with E-state index >= 15 is 0 Å². The summed E-state index contributed by atoms with van der Waals surface area (Å²) in [6.07, 6.45) is 2.14. The standard InChI is InChI=1S/C12H24N3S2/c1-8(2)13-10-11(14(5)6)15(9(3)4)12(16-7)17-10/h8-9,13H,1-7H3/q+1. The van der Waals surface area contributed by atoms with Crippen molar-refractivity contribution in [3.8, 4) is 0 Å². The van der Waals surface area contributed by atoms with Crippen molar-refractivity contribution < 1.29 is 4.57 Å². The van der Waals surface area contributed by atoms with Gasteiger partial charge in [0, 0.05) is 6.04 Å². The van der Waals surface area contributed by atoms with E-state index in [1.165, 1.54) is 15.2 Å². The molecule has 1 heterocycles. The number of thioether (sulfide) groups is 1. The molecule has 0 radical (unpaired) electrons. The van der Waals surface area contributed by atoms with Crippen LogP contribution in [0.5, 0.6) is 0 Å². The van der Waals surface area contributed by atoms with Gasteiger partial charge in [-0.25, -0.2) is 4.57 Å². The molecule has 0 fully saturated rings. The smallest absolute Gasteiger partial charge is 0.312 e. The van der Waals surface area contributed by atoms with Crippen LogP contribution in [0.2, 0.25) is 0 Å². The molecule has 0 atom stereocenters. The second-order valence-electron chi connectivity index (χ2n) is 4.88. The van der Waals surface area contributed by atoms with Crippen LogP contribution in [0.25, 0.3) is 0 Å². The van der Waals surface area contributed by atoms with Crippen LogP contribution in [-0.2, 0) is 0 Å². The number of anilines is 2. The van der Waals surface area contributed by atoms with Crippen molar-refractivity contribution in [3.05, 3.63) is 0 Å². The summed E-state index contributed by atoms with van der Waals surface area (Å²) in [6, 6.07) is 0.941. The van der Waals surface area contributed by atoms with Crippen LogP contribution in [0, 0.1) is 0 Å². The summed E-state index contributed by atoms with van der Waals surface area (Å²) in [5.74, 6) is 1.28. The number of nitrogens with one attached hydrogen (secondary N) is 1. The van der Waals surface area contributed by atoms with Crippen LogP contribution in [0.3, 0.4) is 0 Å². The summed E-state index contributed by atoms with van der Waals surface area (Å²) >= 11 is 3.66. The molecule has 1 aromatic rings. The van der Waals surface area contributed by atoms with Crippen LogP contribution in [-0.4, -0.2) is 26.4 Å². The highest BCUT2D eigenvalue weighted by atomic mass is 32.2. The first kappa shape index (κ1) is 14.6. The monoisotopic (exact) mass is 274 g/mol. The first-order chi connectivity index (χ1) is 7.88. The van der Waals surface area contributed by atoms with Crippen LogP contribution in [0.1, 0.15) is 33.7 Å². The molecule has 17 heavy (non-hydrogen) atoms. The Labute approximate surface area is 113 Å². The van der Waals surface area contributed by atoms with Gasteiger partial charge in [0.1, 0.15) is 0 Å². The third-order valence-electron chi connectivity index (χ3n) is 2.35.